The average molecular weight is 471 g/mol. The van der Waals surface area contributed by atoms with Gasteiger partial charge in [0, 0.05) is 25.7 Å². The number of likely N-dealkylation sites (N-methyl/N-ethyl adjacent to an activating group) is 1. The summed E-state index contributed by atoms with van der Waals surface area (Å²) >= 11 is 0. The number of benzene rings is 1. The highest BCUT2D eigenvalue weighted by molar-refractivity contribution is 14.0. The maximum Gasteiger partial charge on any atom is 0.226 e. The van der Waals surface area contributed by atoms with E-state index < -0.39 is 0 Å². The van der Waals surface area contributed by atoms with Gasteiger partial charge in [-0.15, -0.1) is 24.0 Å². The standard InChI is InChI=1S/C19H29N5O.HI/c1-4-12-24(5-2)13-11-21-19(20-3)22-14-17-15-25-18(23-17)16-9-7-6-8-10-16;/h6-10,15H,4-5,11-14H2,1-3H3,(H2,20,21,22);1H. The third kappa shape index (κ3) is 7.33. The average Bonchev–Trinajstić information content (AvgIpc) is 3.13. The van der Waals surface area contributed by atoms with Crippen LogP contribution in [0.1, 0.15) is 26.0 Å². The van der Waals surface area contributed by atoms with Gasteiger partial charge in [-0.3, -0.25) is 4.99 Å². The van der Waals surface area contributed by atoms with Crippen molar-refractivity contribution in [2.45, 2.75) is 26.8 Å². The number of nitrogens with one attached hydrogen (secondary N) is 2. The number of nitrogens with zero attached hydrogens (tertiary/aromatic N) is 3. The molecule has 0 aliphatic heterocycles. The SMILES string of the molecule is CCCN(CC)CCNC(=NC)NCc1coc(-c2ccccc2)n1.I. The lowest BCUT2D eigenvalue weighted by atomic mass is 10.2. The molecule has 0 amide bonds. The minimum absolute atomic E-state index is 0. The van der Waals surface area contributed by atoms with Crippen molar-refractivity contribution in [1.29, 1.82) is 0 Å². The predicted octanol–water partition coefficient (Wildman–Crippen LogP) is 3.36. The second kappa shape index (κ2) is 12.7. The van der Waals surface area contributed by atoms with E-state index in [0.717, 1.165) is 43.4 Å². The molecule has 26 heavy (non-hydrogen) atoms. The third-order valence-electron chi connectivity index (χ3n) is 3.94. The molecule has 144 valence electrons. The summed E-state index contributed by atoms with van der Waals surface area (Å²) < 4.78 is 5.55. The molecule has 0 unspecified atom stereocenters. The van der Waals surface area contributed by atoms with Crippen LogP contribution in [0.3, 0.4) is 0 Å². The molecular formula is C19H30IN5O. The topological polar surface area (TPSA) is 65.7 Å². The van der Waals surface area contributed by atoms with Crippen LogP contribution in [0.5, 0.6) is 0 Å². The summed E-state index contributed by atoms with van der Waals surface area (Å²) in [5, 5.41) is 6.61. The first-order chi connectivity index (χ1) is 12.3. The lowest BCUT2D eigenvalue weighted by molar-refractivity contribution is 0.293. The zero-order valence-corrected chi connectivity index (χ0v) is 18.2. The Labute approximate surface area is 173 Å². The largest absolute Gasteiger partial charge is 0.444 e. The van der Waals surface area contributed by atoms with Crippen molar-refractivity contribution in [3.05, 3.63) is 42.3 Å². The number of guanidine groups is 1. The van der Waals surface area contributed by atoms with E-state index in [1.165, 1.54) is 6.42 Å². The Morgan fingerprint density at radius 3 is 2.58 bits per heavy atom. The quantitative estimate of drug-likeness (QED) is 0.334. The fourth-order valence-corrected chi connectivity index (χ4v) is 2.57. The van der Waals surface area contributed by atoms with E-state index >= 15 is 0 Å². The number of hydrogen-bond donors (Lipinski definition) is 2. The summed E-state index contributed by atoms with van der Waals surface area (Å²) in [6.07, 6.45) is 2.86. The maximum absolute atomic E-state index is 5.55. The van der Waals surface area contributed by atoms with E-state index in [4.69, 9.17) is 4.42 Å². The van der Waals surface area contributed by atoms with Gasteiger partial charge in [-0.1, -0.05) is 32.0 Å². The zero-order valence-electron chi connectivity index (χ0n) is 15.9. The zero-order chi connectivity index (χ0) is 17.9. The van der Waals surface area contributed by atoms with Crippen LogP contribution >= 0.6 is 24.0 Å². The van der Waals surface area contributed by atoms with Gasteiger partial charge in [0.1, 0.15) is 6.26 Å². The smallest absolute Gasteiger partial charge is 0.226 e. The fraction of sp³-hybridized carbons (Fsp3) is 0.474. The van der Waals surface area contributed by atoms with Gasteiger partial charge in [0.2, 0.25) is 5.89 Å². The molecule has 1 aromatic heterocycles. The number of rotatable bonds is 9. The van der Waals surface area contributed by atoms with E-state index in [-0.39, 0.29) is 24.0 Å². The molecule has 1 aromatic carbocycles. The highest BCUT2D eigenvalue weighted by Crippen LogP contribution is 2.17. The summed E-state index contributed by atoms with van der Waals surface area (Å²) in [5.74, 6) is 1.41. The van der Waals surface area contributed by atoms with Crippen LogP contribution in [0.25, 0.3) is 11.5 Å². The van der Waals surface area contributed by atoms with Crippen molar-refractivity contribution < 1.29 is 4.42 Å². The highest BCUT2D eigenvalue weighted by Gasteiger charge is 2.07. The summed E-state index contributed by atoms with van der Waals surface area (Å²) in [5.41, 5.74) is 1.83. The van der Waals surface area contributed by atoms with Crippen molar-refractivity contribution >= 4 is 29.9 Å². The Hall–Kier alpha value is -1.61. The summed E-state index contributed by atoms with van der Waals surface area (Å²) in [4.78, 5) is 11.2. The molecule has 0 spiro atoms. The Morgan fingerprint density at radius 1 is 1.15 bits per heavy atom. The lowest BCUT2D eigenvalue weighted by Crippen LogP contribution is -2.41. The highest BCUT2D eigenvalue weighted by atomic mass is 127. The minimum Gasteiger partial charge on any atom is -0.444 e. The van der Waals surface area contributed by atoms with Gasteiger partial charge >= 0.3 is 0 Å². The first-order valence-electron chi connectivity index (χ1n) is 8.93. The Balaban J connectivity index is 0.00000338. The van der Waals surface area contributed by atoms with Crippen LogP contribution in [0.4, 0.5) is 0 Å². The number of oxazole rings is 1. The van der Waals surface area contributed by atoms with E-state index in [9.17, 15) is 0 Å². The Bertz CT molecular complexity index is 644. The van der Waals surface area contributed by atoms with Crippen molar-refractivity contribution in [3.63, 3.8) is 0 Å². The van der Waals surface area contributed by atoms with E-state index in [2.05, 4.69) is 39.4 Å². The molecule has 0 bridgehead atoms. The molecule has 0 radical (unpaired) electrons. The molecular weight excluding hydrogens is 441 g/mol. The maximum atomic E-state index is 5.55. The van der Waals surface area contributed by atoms with Crippen LogP contribution in [0.2, 0.25) is 0 Å². The second-order valence-corrected chi connectivity index (χ2v) is 5.80. The van der Waals surface area contributed by atoms with Crippen molar-refractivity contribution in [2.24, 2.45) is 4.99 Å². The van der Waals surface area contributed by atoms with E-state index in [1.54, 1.807) is 13.3 Å². The molecule has 0 atom stereocenters. The monoisotopic (exact) mass is 471 g/mol. The molecule has 0 aliphatic carbocycles. The predicted molar refractivity (Wildman–Crippen MR) is 118 cm³/mol. The van der Waals surface area contributed by atoms with Crippen LogP contribution in [0.15, 0.2) is 46.0 Å². The molecule has 2 N–H and O–H groups in total. The summed E-state index contributed by atoms with van der Waals surface area (Å²) in [6, 6.07) is 9.89. The molecule has 2 aromatic rings. The van der Waals surface area contributed by atoms with Gasteiger partial charge in [0.05, 0.1) is 12.2 Å². The number of aromatic nitrogens is 1. The van der Waals surface area contributed by atoms with Gasteiger partial charge in [-0.25, -0.2) is 4.98 Å². The first-order valence-corrected chi connectivity index (χ1v) is 8.93. The van der Waals surface area contributed by atoms with Gasteiger partial charge in [0.15, 0.2) is 5.96 Å². The van der Waals surface area contributed by atoms with Crippen molar-refractivity contribution in [3.8, 4) is 11.5 Å². The normalized spacial score (nSPS) is 11.3. The Morgan fingerprint density at radius 2 is 1.92 bits per heavy atom. The molecule has 6 nitrogen and oxygen atoms in total. The van der Waals surface area contributed by atoms with Crippen molar-refractivity contribution in [1.82, 2.24) is 20.5 Å². The van der Waals surface area contributed by atoms with Crippen molar-refractivity contribution in [2.75, 3.05) is 33.2 Å². The molecule has 0 saturated heterocycles. The summed E-state index contributed by atoms with van der Waals surface area (Å²) in [7, 11) is 1.77. The number of halogens is 1. The lowest BCUT2D eigenvalue weighted by Gasteiger charge is -2.20. The Kier molecular flexibility index (Phi) is 11.0. The third-order valence-corrected chi connectivity index (χ3v) is 3.94. The fourth-order valence-electron chi connectivity index (χ4n) is 2.57. The van der Waals surface area contributed by atoms with Gasteiger partial charge < -0.3 is 20.0 Å². The van der Waals surface area contributed by atoms with Crippen LogP contribution < -0.4 is 10.6 Å². The van der Waals surface area contributed by atoms with Gasteiger partial charge in [-0.05, 0) is 31.6 Å². The minimum atomic E-state index is 0. The summed E-state index contributed by atoms with van der Waals surface area (Å²) in [6.45, 7) is 9.04. The van der Waals surface area contributed by atoms with E-state index in [0.29, 0.717) is 12.4 Å². The molecule has 2 rings (SSSR count). The molecule has 1 heterocycles. The van der Waals surface area contributed by atoms with Gasteiger partial charge in [-0.2, -0.15) is 0 Å². The molecule has 0 fully saturated rings. The van der Waals surface area contributed by atoms with Gasteiger partial charge in [0.25, 0.3) is 0 Å². The van der Waals surface area contributed by atoms with E-state index in [1.807, 2.05) is 30.3 Å². The van der Waals surface area contributed by atoms with Crippen LogP contribution in [-0.2, 0) is 6.54 Å². The first kappa shape index (κ1) is 22.4. The number of aliphatic imine (C=N–C) groups is 1. The molecule has 0 saturated carbocycles. The van der Waals surface area contributed by atoms with Crippen LogP contribution in [0, 0.1) is 0 Å². The molecule has 7 heteroatoms. The van der Waals surface area contributed by atoms with Crippen LogP contribution in [-0.4, -0.2) is 49.1 Å². The molecule has 0 aliphatic rings. The second-order valence-electron chi connectivity index (χ2n) is 5.80. The number of hydrogen-bond acceptors (Lipinski definition) is 4.